The van der Waals surface area contributed by atoms with E-state index in [0.29, 0.717) is 6.61 Å². The summed E-state index contributed by atoms with van der Waals surface area (Å²) in [5.74, 6) is -1.08. The molecular weight excluding hydrogens is 197 g/mol. The van der Waals surface area contributed by atoms with Gasteiger partial charge in [-0.25, -0.2) is 9.78 Å². The van der Waals surface area contributed by atoms with Gasteiger partial charge < -0.3 is 4.74 Å². The van der Waals surface area contributed by atoms with Crippen molar-refractivity contribution in [3.63, 3.8) is 0 Å². The van der Waals surface area contributed by atoms with Crippen LogP contribution in [-0.4, -0.2) is 17.6 Å². The number of hydrogen-bond donors (Lipinski definition) is 0. The summed E-state index contributed by atoms with van der Waals surface area (Å²) in [7, 11) is 0. The highest BCUT2D eigenvalue weighted by atomic mass is 19.1. The van der Waals surface area contributed by atoms with E-state index in [0.717, 1.165) is 5.56 Å². The first-order valence-electron chi connectivity index (χ1n) is 4.60. The Labute approximate surface area is 87.6 Å². The number of aryl methyl sites for hydroxylation is 1. The minimum atomic E-state index is -0.596. The second-order valence-electron chi connectivity index (χ2n) is 2.98. The van der Waals surface area contributed by atoms with E-state index in [1.165, 1.54) is 18.3 Å². The molecule has 0 spiro atoms. The molecule has 80 valence electrons. The van der Waals surface area contributed by atoms with Crippen LogP contribution in [0.1, 0.15) is 18.1 Å². The van der Waals surface area contributed by atoms with Gasteiger partial charge in [0.05, 0.1) is 6.61 Å². The molecule has 15 heavy (non-hydrogen) atoms. The van der Waals surface area contributed by atoms with E-state index in [1.54, 1.807) is 19.9 Å². The van der Waals surface area contributed by atoms with Crippen molar-refractivity contribution in [2.75, 3.05) is 6.61 Å². The molecule has 0 saturated heterocycles. The van der Waals surface area contributed by atoms with Crippen molar-refractivity contribution >= 4 is 12.0 Å². The fraction of sp³-hybridized carbons (Fsp3) is 0.273. The Bertz CT molecular complexity index is 388. The number of nitrogens with zero attached hydrogens (tertiary/aromatic N) is 1. The Hall–Kier alpha value is -1.71. The molecule has 0 fully saturated rings. The normalized spacial score (nSPS) is 10.6. The van der Waals surface area contributed by atoms with Crippen molar-refractivity contribution < 1.29 is 13.9 Å². The largest absolute Gasteiger partial charge is 0.463 e. The van der Waals surface area contributed by atoms with Gasteiger partial charge in [-0.2, -0.15) is 4.39 Å². The highest BCUT2D eigenvalue weighted by molar-refractivity contribution is 5.87. The molecule has 4 heteroatoms. The molecule has 0 amide bonds. The molecule has 0 saturated carbocycles. The van der Waals surface area contributed by atoms with Gasteiger partial charge >= 0.3 is 5.97 Å². The van der Waals surface area contributed by atoms with Gasteiger partial charge in [0, 0.05) is 17.8 Å². The number of hydrogen-bond acceptors (Lipinski definition) is 3. The monoisotopic (exact) mass is 209 g/mol. The lowest BCUT2D eigenvalue weighted by Gasteiger charge is -1.98. The number of esters is 1. The van der Waals surface area contributed by atoms with Gasteiger partial charge in [-0.3, -0.25) is 0 Å². The van der Waals surface area contributed by atoms with Crippen molar-refractivity contribution in [2.24, 2.45) is 0 Å². The molecule has 1 aromatic heterocycles. The van der Waals surface area contributed by atoms with E-state index in [-0.39, 0.29) is 5.56 Å². The van der Waals surface area contributed by atoms with Crippen molar-refractivity contribution in [3.8, 4) is 0 Å². The van der Waals surface area contributed by atoms with Crippen molar-refractivity contribution in [3.05, 3.63) is 35.4 Å². The van der Waals surface area contributed by atoms with Gasteiger partial charge in [-0.15, -0.1) is 0 Å². The average molecular weight is 209 g/mol. The SMILES string of the molecule is CCOC(=O)/C=C/c1cc(C)cnc1F. The lowest BCUT2D eigenvalue weighted by atomic mass is 10.2. The third kappa shape index (κ3) is 3.50. The van der Waals surface area contributed by atoms with Crippen LogP contribution < -0.4 is 0 Å². The van der Waals surface area contributed by atoms with Crippen LogP contribution in [0.4, 0.5) is 4.39 Å². The first kappa shape index (κ1) is 11.4. The highest BCUT2D eigenvalue weighted by Crippen LogP contribution is 2.08. The molecule has 0 N–H and O–H groups in total. The van der Waals surface area contributed by atoms with Gasteiger partial charge in [-0.1, -0.05) is 0 Å². The number of rotatable bonds is 3. The summed E-state index contributed by atoms with van der Waals surface area (Å²) in [5.41, 5.74) is 1.11. The van der Waals surface area contributed by atoms with E-state index < -0.39 is 11.9 Å². The molecule has 0 radical (unpaired) electrons. The van der Waals surface area contributed by atoms with Gasteiger partial charge in [0.1, 0.15) is 0 Å². The van der Waals surface area contributed by atoms with Gasteiger partial charge in [-0.05, 0) is 31.6 Å². The average Bonchev–Trinajstić information content (AvgIpc) is 2.20. The number of ether oxygens (including phenoxy) is 1. The van der Waals surface area contributed by atoms with Gasteiger partial charge in [0.2, 0.25) is 5.95 Å². The molecule has 0 aliphatic carbocycles. The fourth-order valence-electron chi connectivity index (χ4n) is 1.04. The van der Waals surface area contributed by atoms with E-state index in [2.05, 4.69) is 9.72 Å². The Morgan fingerprint density at radius 3 is 3.07 bits per heavy atom. The molecule has 0 unspecified atom stereocenters. The van der Waals surface area contributed by atoms with E-state index >= 15 is 0 Å². The molecular formula is C11H12FNO2. The van der Waals surface area contributed by atoms with E-state index in [9.17, 15) is 9.18 Å². The van der Waals surface area contributed by atoms with Crippen LogP contribution >= 0.6 is 0 Å². The maximum absolute atomic E-state index is 13.1. The third-order valence-electron chi connectivity index (χ3n) is 1.69. The Morgan fingerprint density at radius 2 is 2.40 bits per heavy atom. The zero-order chi connectivity index (χ0) is 11.3. The summed E-state index contributed by atoms with van der Waals surface area (Å²) in [5, 5.41) is 0. The zero-order valence-electron chi connectivity index (χ0n) is 8.66. The molecule has 0 bridgehead atoms. The highest BCUT2D eigenvalue weighted by Gasteiger charge is 2.01. The summed E-state index contributed by atoms with van der Waals surface area (Å²) in [6.45, 7) is 3.81. The summed E-state index contributed by atoms with van der Waals surface area (Å²) in [6.07, 6.45) is 3.97. The number of halogens is 1. The molecule has 0 aliphatic heterocycles. The maximum Gasteiger partial charge on any atom is 0.330 e. The number of carbonyl (C=O) groups is 1. The minimum absolute atomic E-state index is 0.281. The Kier molecular flexibility index (Phi) is 3.97. The first-order chi connectivity index (χ1) is 7.13. The summed E-state index contributed by atoms with van der Waals surface area (Å²) < 4.78 is 17.8. The lowest BCUT2D eigenvalue weighted by Crippen LogP contribution is -1.99. The number of carbonyl (C=O) groups excluding carboxylic acids is 1. The van der Waals surface area contributed by atoms with Gasteiger partial charge in [0.15, 0.2) is 0 Å². The van der Waals surface area contributed by atoms with Crippen LogP contribution in [0.5, 0.6) is 0 Å². The van der Waals surface area contributed by atoms with Gasteiger partial charge in [0.25, 0.3) is 0 Å². The van der Waals surface area contributed by atoms with Crippen LogP contribution in [-0.2, 0) is 9.53 Å². The molecule has 1 aromatic rings. The van der Waals surface area contributed by atoms with Crippen molar-refractivity contribution in [1.82, 2.24) is 4.98 Å². The first-order valence-corrected chi connectivity index (χ1v) is 4.60. The second kappa shape index (κ2) is 5.24. The number of pyridine rings is 1. The van der Waals surface area contributed by atoms with Crippen molar-refractivity contribution in [2.45, 2.75) is 13.8 Å². The molecule has 0 aliphatic rings. The predicted molar refractivity (Wildman–Crippen MR) is 54.6 cm³/mol. The number of aromatic nitrogens is 1. The summed E-state index contributed by atoms with van der Waals surface area (Å²) in [6, 6.07) is 1.61. The summed E-state index contributed by atoms with van der Waals surface area (Å²) in [4.78, 5) is 14.5. The van der Waals surface area contributed by atoms with Crippen LogP contribution in [0, 0.1) is 12.9 Å². The second-order valence-corrected chi connectivity index (χ2v) is 2.98. The topological polar surface area (TPSA) is 39.2 Å². The van der Waals surface area contributed by atoms with Crippen LogP contribution in [0.2, 0.25) is 0 Å². The van der Waals surface area contributed by atoms with E-state index in [4.69, 9.17) is 0 Å². The van der Waals surface area contributed by atoms with E-state index in [1.807, 2.05) is 0 Å². The molecule has 0 aromatic carbocycles. The molecule has 0 atom stereocenters. The fourth-order valence-corrected chi connectivity index (χ4v) is 1.04. The molecule has 1 heterocycles. The molecule has 3 nitrogen and oxygen atoms in total. The Morgan fingerprint density at radius 1 is 1.67 bits per heavy atom. The van der Waals surface area contributed by atoms with Crippen molar-refractivity contribution in [1.29, 1.82) is 0 Å². The standard InChI is InChI=1S/C11H12FNO2/c1-3-15-10(14)5-4-9-6-8(2)7-13-11(9)12/h4-7H,3H2,1-2H3/b5-4+. The minimum Gasteiger partial charge on any atom is -0.463 e. The smallest absolute Gasteiger partial charge is 0.330 e. The maximum atomic E-state index is 13.1. The third-order valence-corrected chi connectivity index (χ3v) is 1.69. The molecule has 1 rings (SSSR count). The Balaban J connectivity index is 2.79. The van der Waals surface area contributed by atoms with Crippen LogP contribution in [0.3, 0.4) is 0 Å². The van der Waals surface area contributed by atoms with Crippen LogP contribution in [0.15, 0.2) is 18.3 Å². The quantitative estimate of drug-likeness (QED) is 0.435. The van der Waals surface area contributed by atoms with Crippen LogP contribution in [0.25, 0.3) is 6.08 Å². The summed E-state index contributed by atoms with van der Waals surface area (Å²) >= 11 is 0. The lowest BCUT2D eigenvalue weighted by molar-refractivity contribution is -0.137. The predicted octanol–water partition coefficient (Wildman–Crippen LogP) is 2.11. The zero-order valence-corrected chi connectivity index (χ0v) is 8.66.